The second-order valence-corrected chi connectivity index (χ2v) is 5.99. The Labute approximate surface area is 133 Å². The third kappa shape index (κ3) is 4.43. The first-order chi connectivity index (χ1) is 10.6. The molecular weight excluding hydrogens is 298 g/mol. The fourth-order valence-corrected chi connectivity index (χ4v) is 2.94. The Hall–Kier alpha value is -2.14. The SMILES string of the molecule is C[C@@H](C(=O)O)[C@@H](NC(=O)CCc1ccsc1)c1ccccc1. The number of thiophene rings is 1. The van der Waals surface area contributed by atoms with Crippen LogP contribution in [0.1, 0.15) is 30.5 Å². The van der Waals surface area contributed by atoms with Gasteiger partial charge in [-0.3, -0.25) is 9.59 Å². The fraction of sp³-hybridized carbons (Fsp3) is 0.294. The van der Waals surface area contributed by atoms with Crippen molar-refractivity contribution in [3.8, 4) is 0 Å². The second-order valence-electron chi connectivity index (χ2n) is 5.21. The summed E-state index contributed by atoms with van der Waals surface area (Å²) in [6.07, 6.45) is 1.02. The van der Waals surface area contributed by atoms with E-state index < -0.39 is 17.9 Å². The van der Waals surface area contributed by atoms with Crippen molar-refractivity contribution in [1.29, 1.82) is 0 Å². The summed E-state index contributed by atoms with van der Waals surface area (Å²) >= 11 is 1.60. The average molecular weight is 317 g/mol. The molecule has 0 aliphatic carbocycles. The molecule has 1 aromatic heterocycles. The molecule has 2 rings (SSSR count). The number of aliphatic carboxylic acids is 1. The number of carboxylic acid groups (broad SMARTS) is 1. The van der Waals surface area contributed by atoms with E-state index in [1.54, 1.807) is 18.3 Å². The third-order valence-corrected chi connectivity index (χ3v) is 4.32. The van der Waals surface area contributed by atoms with Crippen LogP contribution in [0.4, 0.5) is 0 Å². The van der Waals surface area contributed by atoms with Crippen LogP contribution in [-0.2, 0) is 16.0 Å². The molecular formula is C17H19NO3S. The fourth-order valence-electron chi connectivity index (χ4n) is 2.24. The molecule has 2 aromatic rings. The van der Waals surface area contributed by atoms with Gasteiger partial charge in [-0.25, -0.2) is 0 Å². The Bertz CT molecular complexity index is 610. The molecule has 0 fully saturated rings. The van der Waals surface area contributed by atoms with Crippen molar-refractivity contribution >= 4 is 23.2 Å². The summed E-state index contributed by atoms with van der Waals surface area (Å²) in [5, 5.41) is 16.1. The summed E-state index contributed by atoms with van der Waals surface area (Å²) < 4.78 is 0. The lowest BCUT2D eigenvalue weighted by Crippen LogP contribution is -2.35. The first kappa shape index (κ1) is 16.2. The van der Waals surface area contributed by atoms with E-state index in [9.17, 15) is 14.7 Å². The molecule has 0 bridgehead atoms. The molecule has 4 nitrogen and oxygen atoms in total. The number of carboxylic acids is 1. The number of rotatable bonds is 7. The van der Waals surface area contributed by atoms with E-state index in [1.165, 1.54) is 0 Å². The molecule has 0 saturated carbocycles. The van der Waals surface area contributed by atoms with Crippen molar-refractivity contribution < 1.29 is 14.7 Å². The molecule has 1 amide bonds. The number of aryl methyl sites for hydroxylation is 1. The normalized spacial score (nSPS) is 13.3. The highest BCUT2D eigenvalue weighted by atomic mass is 32.1. The molecule has 116 valence electrons. The van der Waals surface area contributed by atoms with Crippen molar-refractivity contribution in [3.05, 3.63) is 58.3 Å². The lowest BCUT2D eigenvalue weighted by molar-refractivity contribution is -0.142. The highest BCUT2D eigenvalue weighted by Gasteiger charge is 2.26. The molecule has 2 N–H and O–H groups in total. The maximum atomic E-state index is 12.1. The van der Waals surface area contributed by atoms with Crippen LogP contribution in [0.2, 0.25) is 0 Å². The summed E-state index contributed by atoms with van der Waals surface area (Å²) in [5.41, 5.74) is 1.93. The van der Waals surface area contributed by atoms with Crippen LogP contribution in [0.15, 0.2) is 47.2 Å². The predicted molar refractivity (Wildman–Crippen MR) is 86.8 cm³/mol. The third-order valence-electron chi connectivity index (χ3n) is 3.59. The monoisotopic (exact) mass is 317 g/mol. The van der Waals surface area contributed by atoms with Gasteiger partial charge in [0.25, 0.3) is 0 Å². The van der Waals surface area contributed by atoms with Gasteiger partial charge in [-0.2, -0.15) is 11.3 Å². The van der Waals surface area contributed by atoms with Crippen molar-refractivity contribution in [2.75, 3.05) is 0 Å². The molecule has 0 spiro atoms. The number of hydrogen-bond donors (Lipinski definition) is 2. The van der Waals surface area contributed by atoms with Gasteiger partial charge in [0, 0.05) is 6.42 Å². The van der Waals surface area contributed by atoms with Crippen LogP contribution >= 0.6 is 11.3 Å². The number of hydrogen-bond acceptors (Lipinski definition) is 3. The molecule has 0 unspecified atom stereocenters. The van der Waals surface area contributed by atoms with Gasteiger partial charge in [0.2, 0.25) is 5.91 Å². The van der Waals surface area contributed by atoms with E-state index in [0.29, 0.717) is 12.8 Å². The highest BCUT2D eigenvalue weighted by Crippen LogP contribution is 2.22. The van der Waals surface area contributed by atoms with E-state index in [1.807, 2.05) is 47.2 Å². The summed E-state index contributed by atoms with van der Waals surface area (Å²) in [4.78, 5) is 23.4. The molecule has 5 heteroatoms. The summed E-state index contributed by atoms with van der Waals surface area (Å²) in [7, 11) is 0. The zero-order valence-corrected chi connectivity index (χ0v) is 13.2. The lowest BCUT2D eigenvalue weighted by atomic mass is 9.94. The number of benzene rings is 1. The van der Waals surface area contributed by atoms with Crippen LogP contribution in [-0.4, -0.2) is 17.0 Å². The molecule has 1 heterocycles. The largest absolute Gasteiger partial charge is 0.481 e. The molecule has 22 heavy (non-hydrogen) atoms. The van der Waals surface area contributed by atoms with Gasteiger partial charge in [0.1, 0.15) is 0 Å². The predicted octanol–water partition coefficient (Wildman–Crippen LogP) is 3.26. The molecule has 0 saturated heterocycles. The molecule has 0 aliphatic heterocycles. The van der Waals surface area contributed by atoms with Gasteiger partial charge in [-0.05, 0) is 41.3 Å². The Morgan fingerprint density at radius 1 is 1.23 bits per heavy atom. The van der Waals surface area contributed by atoms with Crippen molar-refractivity contribution in [2.45, 2.75) is 25.8 Å². The van der Waals surface area contributed by atoms with Crippen LogP contribution in [0.3, 0.4) is 0 Å². The van der Waals surface area contributed by atoms with Crippen molar-refractivity contribution in [2.24, 2.45) is 5.92 Å². The Morgan fingerprint density at radius 2 is 1.95 bits per heavy atom. The summed E-state index contributed by atoms with van der Waals surface area (Å²) in [6.45, 7) is 1.61. The number of nitrogens with one attached hydrogen (secondary N) is 1. The average Bonchev–Trinajstić information content (AvgIpc) is 3.04. The van der Waals surface area contributed by atoms with Crippen LogP contribution in [0.5, 0.6) is 0 Å². The minimum atomic E-state index is -0.924. The highest BCUT2D eigenvalue weighted by molar-refractivity contribution is 7.07. The first-order valence-corrected chi connectivity index (χ1v) is 8.10. The first-order valence-electron chi connectivity index (χ1n) is 7.16. The van der Waals surface area contributed by atoms with Crippen LogP contribution in [0.25, 0.3) is 0 Å². The van der Waals surface area contributed by atoms with Crippen LogP contribution < -0.4 is 5.32 Å². The number of amides is 1. The smallest absolute Gasteiger partial charge is 0.308 e. The minimum absolute atomic E-state index is 0.131. The van der Waals surface area contributed by atoms with Gasteiger partial charge >= 0.3 is 5.97 Å². The number of carbonyl (C=O) groups excluding carboxylic acids is 1. The van der Waals surface area contributed by atoms with Gasteiger partial charge in [0.15, 0.2) is 0 Å². The maximum absolute atomic E-state index is 12.1. The van der Waals surface area contributed by atoms with Gasteiger partial charge in [-0.1, -0.05) is 30.3 Å². The maximum Gasteiger partial charge on any atom is 0.308 e. The standard InChI is InChI=1S/C17H19NO3S/c1-12(17(20)21)16(14-5-3-2-4-6-14)18-15(19)8-7-13-9-10-22-11-13/h2-6,9-12,16H,7-8H2,1H3,(H,18,19)(H,20,21)/t12-,16-/m1/s1. The molecule has 1 aromatic carbocycles. The zero-order chi connectivity index (χ0) is 15.9. The van der Waals surface area contributed by atoms with E-state index in [0.717, 1.165) is 11.1 Å². The topological polar surface area (TPSA) is 66.4 Å². The summed E-state index contributed by atoms with van der Waals surface area (Å²) in [6, 6.07) is 10.7. The van der Waals surface area contributed by atoms with Gasteiger partial charge < -0.3 is 10.4 Å². The van der Waals surface area contributed by atoms with Gasteiger partial charge in [0.05, 0.1) is 12.0 Å². The number of carbonyl (C=O) groups is 2. The van der Waals surface area contributed by atoms with Gasteiger partial charge in [-0.15, -0.1) is 0 Å². The van der Waals surface area contributed by atoms with Crippen LogP contribution in [0, 0.1) is 5.92 Å². The summed E-state index contributed by atoms with van der Waals surface area (Å²) in [5.74, 6) is -1.74. The van der Waals surface area contributed by atoms with E-state index in [2.05, 4.69) is 5.32 Å². The Morgan fingerprint density at radius 3 is 2.55 bits per heavy atom. The molecule has 2 atom stereocenters. The minimum Gasteiger partial charge on any atom is -0.481 e. The van der Waals surface area contributed by atoms with E-state index >= 15 is 0 Å². The Balaban J connectivity index is 2.02. The molecule has 0 radical (unpaired) electrons. The van der Waals surface area contributed by atoms with Crippen molar-refractivity contribution in [3.63, 3.8) is 0 Å². The second kappa shape index (κ2) is 7.75. The quantitative estimate of drug-likeness (QED) is 0.823. The Kier molecular flexibility index (Phi) is 5.72. The lowest BCUT2D eigenvalue weighted by Gasteiger charge is -2.23. The molecule has 0 aliphatic rings. The van der Waals surface area contributed by atoms with Crippen molar-refractivity contribution in [1.82, 2.24) is 5.32 Å². The van der Waals surface area contributed by atoms with E-state index in [4.69, 9.17) is 0 Å². The van der Waals surface area contributed by atoms with E-state index in [-0.39, 0.29) is 5.91 Å². The zero-order valence-electron chi connectivity index (χ0n) is 12.4.